The van der Waals surface area contributed by atoms with Crippen LogP contribution >= 0.6 is 0 Å². The zero-order chi connectivity index (χ0) is 15.7. The standard InChI is InChI=1S/C17H22N2O3/c1-12-3-6-15(22-2)14(11-12)17(21)19-9-7-18(8-10-19)16(20)13-4-5-13/h3,6,11,13H,4-5,7-10H2,1-2H3. The number of hydrogen-bond acceptors (Lipinski definition) is 3. The van der Waals surface area contributed by atoms with E-state index in [0.717, 1.165) is 18.4 Å². The fourth-order valence-electron chi connectivity index (χ4n) is 2.88. The van der Waals surface area contributed by atoms with E-state index in [1.807, 2.05) is 34.9 Å². The summed E-state index contributed by atoms with van der Waals surface area (Å²) >= 11 is 0. The molecule has 0 unspecified atom stereocenters. The Bertz CT molecular complexity index is 588. The second-order valence-electron chi connectivity index (χ2n) is 6.10. The van der Waals surface area contributed by atoms with Crippen LogP contribution in [0.2, 0.25) is 0 Å². The van der Waals surface area contributed by atoms with Gasteiger partial charge in [0.05, 0.1) is 12.7 Å². The summed E-state index contributed by atoms with van der Waals surface area (Å²) in [5.41, 5.74) is 1.64. The minimum Gasteiger partial charge on any atom is -0.496 e. The summed E-state index contributed by atoms with van der Waals surface area (Å²) in [5, 5.41) is 0. The molecule has 1 aromatic carbocycles. The first-order valence-electron chi connectivity index (χ1n) is 7.83. The smallest absolute Gasteiger partial charge is 0.257 e. The van der Waals surface area contributed by atoms with Crippen LogP contribution in [0.4, 0.5) is 0 Å². The van der Waals surface area contributed by atoms with Gasteiger partial charge in [-0.15, -0.1) is 0 Å². The molecule has 0 bridgehead atoms. The van der Waals surface area contributed by atoms with Gasteiger partial charge < -0.3 is 14.5 Å². The average molecular weight is 302 g/mol. The summed E-state index contributed by atoms with van der Waals surface area (Å²) in [7, 11) is 1.58. The quantitative estimate of drug-likeness (QED) is 0.854. The molecule has 0 radical (unpaired) electrons. The van der Waals surface area contributed by atoms with Crippen molar-refractivity contribution in [1.82, 2.24) is 9.80 Å². The predicted octanol–water partition coefficient (Wildman–Crippen LogP) is 1.70. The van der Waals surface area contributed by atoms with Crippen LogP contribution in [0.25, 0.3) is 0 Å². The van der Waals surface area contributed by atoms with Crippen molar-refractivity contribution in [1.29, 1.82) is 0 Å². The number of ether oxygens (including phenoxy) is 1. The van der Waals surface area contributed by atoms with Crippen LogP contribution in [0.3, 0.4) is 0 Å². The summed E-state index contributed by atoms with van der Waals surface area (Å²) in [6.45, 7) is 4.41. The van der Waals surface area contributed by atoms with Crippen molar-refractivity contribution in [2.45, 2.75) is 19.8 Å². The first-order valence-corrected chi connectivity index (χ1v) is 7.83. The SMILES string of the molecule is COc1ccc(C)cc1C(=O)N1CCN(C(=O)C2CC2)CC1. The van der Waals surface area contributed by atoms with Gasteiger partial charge in [0.15, 0.2) is 0 Å². The summed E-state index contributed by atoms with van der Waals surface area (Å²) < 4.78 is 5.30. The van der Waals surface area contributed by atoms with Gasteiger partial charge in [-0.25, -0.2) is 0 Å². The molecule has 1 aromatic rings. The van der Waals surface area contributed by atoms with Crippen LogP contribution in [0, 0.1) is 12.8 Å². The van der Waals surface area contributed by atoms with Gasteiger partial charge in [-0.3, -0.25) is 9.59 Å². The normalized spacial score (nSPS) is 18.3. The van der Waals surface area contributed by atoms with Crippen LogP contribution in [-0.4, -0.2) is 54.9 Å². The van der Waals surface area contributed by atoms with E-state index >= 15 is 0 Å². The molecule has 1 saturated carbocycles. The van der Waals surface area contributed by atoms with E-state index < -0.39 is 0 Å². The van der Waals surface area contributed by atoms with E-state index in [1.165, 1.54) is 0 Å². The van der Waals surface area contributed by atoms with E-state index in [9.17, 15) is 9.59 Å². The molecule has 0 N–H and O–H groups in total. The Labute approximate surface area is 130 Å². The molecule has 0 spiro atoms. The Morgan fingerprint density at radius 1 is 1.09 bits per heavy atom. The molecule has 22 heavy (non-hydrogen) atoms. The van der Waals surface area contributed by atoms with Crippen molar-refractivity contribution in [2.75, 3.05) is 33.3 Å². The van der Waals surface area contributed by atoms with Gasteiger partial charge in [0.25, 0.3) is 5.91 Å². The van der Waals surface area contributed by atoms with E-state index in [4.69, 9.17) is 4.74 Å². The number of nitrogens with zero attached hydrogens (tertiary/aromatic N) is 2. The summed E-state index contributed by atoms with van der Waals surface area (Å²) in [5.74, 6) is 1.10. The summed E-state index contributed by atoms with van der Waals surface area (Å²) in [6, 6.07) is 5.63. The number of aryl methyl sites for hydroxylation is 1. The summed E-state index contributed by atoms with van der Waals surface area (Å²) in [6.07, 6.45) is 2.05. The number of benzene rings is 1. The molecule has 1 saturated heterocycles. The van der Waals surface area contributed by atoms with Gasteiger partial charge in [-0.2, -0.15) is 0 Å². The fraction of sp³-hybridized carbons (Fsp3) is 0.529. The van der Waals surface area contributed by atoms with Crippen LogP contribution in [0.5, 0.6) is 5.75 Å². The number of carbonyl (C=O) groups is 2. The first-order chi connectivity index (χ1) is 10.6. The molecule has 2 aliphatic rings. The molecule has 2 fully saturated rings. The van der Waals surface area contributed by atoms with Gasteiger partial charge in [0.1, 0.15) is 5.75 Å². The highest BCUT2D eigenvalue weighted by Gasteiger charge is 2.35. The highest BCUT2D eigenvalue weighted by atomic mass is 16.5. The van der Waals surface area contributed by atoms with Crippen LogP contribution < -0.4 is 4.74 Å². The van der Waals surface area contributed by atoms with Gasteiger partial charge in [-0.1, -0.05) is 11.6 Å². The molecule has 0 aromatic heterocycles. The minimum absolute atomic E-state index is 0.0147. The lowest BCUT2D eigenvalue weighted by Crippen LogP contribution is -2.51. The highest BCUT2D eigenvalue weighted by Crippen LogP contribution is 2.31. The average Bonchev–Trinajstić information content (AvgIpc) is 3.38. The third-order valence-electron chi connectivity index (χ3n) is 4.39. The second-order valence-corrected chi connectivity index (χ2v) is 6.10. The zero-order valence-corrected chi connectivity index (χ0v) is 13.2. The Hall–Kier alpha value is -2.04. The molecular formula is C17H22N2O3. The van der Waals surface area contributed by atoms with Crippen LogP contribution in [0.15, 0.2) is 18.2 Å². The van der Waals surface area contributed by atoms with Crippen molar-refractivity contribution < 1.29 is 14.3 Å². The molecule has 1 aliphatic carbocycles. The van der Waals surface area contributed by atoms with Crippen LogP contribution in [0.1, 0.15) is 28.8 Å². The topological polar surface area (TPSA) is 49.9 Å². The minimum atomic E-state index is -0.0147. The lowest BCUT2D eigenvalue weighted by molar-refractivity contribution is -0.134. The molecule has 2 amide bonds. The maximum atomic E-state index is 12.7. The van der Waals surface area contributed by atoms with E-state index in [1.54, 1.807) is 7.11 Å². The number of piperazine rings is 1. The van der Waals surface area contributed by atoms with Crippen molar-refractivity contribution >= 4 is 11.8 Å². The number of methoxy groups -OCH3 is 1. The first kappa shape index (κ1) is 14.9. The third kappa shape index (κ3) is 2.93. The fourth-order valence-corrected chi connectivity index (χ4v) is 2.88. The number of amides is 2. The van der Waals surface area contributed by atoms with Crippen molar-refractivity contribution in [3.8, 4) is 5.75 Å². The monoisotopic (exact) mass is 302 g/mol. The lowest BCUT2D eigenvalue weighted by atomic mass is 10.1. The summed E-state index contributed by atoms with van der Waals surface area (Å²) in [4.78, 5) is 28.5. The van der Waals surface area contributed by atoms with E-state index in [2.05, 4.69) is 0 Å². The molecule has 1 aliphatic heterocycles. The van der Waals surface area contributed by atoms with Crippen LogP contribution in [-0.2, 0) is 4.79 Å². The van der Waals surface area contributed by atoms with Gasteiger partial charge in [0.2, 0.25) is 5.91 Å². The molecule has 5 nitrogen and oxygen atoms in total. The van der Waals surface area contributed by atoms with Gasteiger partial charge in [-0.05, 0) is 31.9 Å². The Balaban J connectivity index is 1.66. The third-order valence-corrected chi connectivity index (χ3v) is 4.39. The highest BCUT2D eigenvalue weighted by molar-refractivity contribution is 5.97. The number of rotatable bonds is 3. The number of carbonyl (C=O) groups excluding carboxylic acids is 2. The van der Waals surface area contributed by atoms with Crippen molar-refractivity contribution in [2.24, 2.45) is 5.92 Å². The molecular weight excluding hydrogens is 280 g/mol. The lowest BCUT2D eigenvalue weighted by Gasteiger charge is -2.35. The van der Waals surface area contributed by atoms with Crippen molar-refractivity contribution in [3.63, 3.8) is 0 Å². The maximum Gasteiger partial charge on any atom is 0.257 e. The van der Waals surface area contributed by atoms with E-state index in [-0.39, 0.29) is 17.7 Å². The van der Waals surface area contributed by atoms with Gasteiger partial charge >= 0.3 is 0 Å². The maximum absolute atomic E-state index is 12.7. The Kier molecular flexibility index (Phi) is 4.05. The molecule has 5 heteroatoms. The zero-order valence-electron chi connectivity index (χ0n) is 13.2. The second kappa shape index (κ2) is 5.99. The molecule has 1 heterocycles. The molecule has 0 atom stereocenters. The number of hydrogen-bond donors (Lipinski definition) is 0. The molecule has 3 rings (SSSR count). The van der Waals surface area contributed by atoms with Gasteiger partial charge in [0, 0.05) is 32.1 Å². The predicted molar refractivity (Wildman–Crippen MR) is 82.9 cm³/mol. The molecule has 118 valence electrons. The Morgan fingerprint density at radius 2 is 1.73 bits per heavy atom. The van der Waals surface area contributed by atoms with Crippen molar-refractivity contribution in [3.05, 3.63) is 29.3 Å². The largest absolute Gasteiger partial charge is 0.496 e. The van der Waals surface area contributed by atoms with E-state index in [0.29, 0.717) is 37.5 Å². The Morgan fingerprint density at radius 3 is 2.32 bits per heavy atom.